The van der Waals surface area contributed by atoms with E-state index >= 15 is 0 Å². The minimum Gasteiger partial charge on any atom is -0.494 e. The summed E-state index contributed by atoms with van der Waals surface area (Å²) in [5.74, 6) is 2.25. The van der Waals surface area contributed by atoms with Crippen molar-refractivity contribution in [2.24, 2.45) is 11.8 Å². The third-order valence-corrected chi connectivity index (χ3v) is 7.89. The van der Waals surface area contributed by atoms with Crippen LogP contribution in [0.4, 0.5) is 5.69 Å². The zero-order chi connectivity index (χ0) is 22.6. The van der Waals surface area contributed by atoms with E-state index in [4.69, 9.17) is 9.72 Å². The molecule has 1 aromatic carbocycles. The Balaban J connectivity index is 1.22. The number of ether oxygens (including phenoxy) is 1. The maximum absolute atomic E-state index is 12.9. The number of amides is 1. The molecule has 33 heavy (non-hydrogen) atoms. The van der Waals surface area contributed by atoms with Crippen molar-refractivity contribution >= 4 is 22.5 Å². The van der Waals surface area contributed by atoms with E-state index in [-0.39, 0.29) is 0 Å². The highest BCUT2D eigenvalue weighted by molar-refractivity contribution is 5.94. The third-order valence-electron chi connectivity index (χ3n) is 7.89. The van der Waals surface area contributed by atoms with Crippen LogP contribution in [0.2, 0.25) is 0 Å². The maximum Gasteiger partial charge on any atom is 0.225 e. The molecule has 3 fully saturated rings. The van der Waals surface area contributed by atoms with Crippen molar-refractivity contribution in [2.45, 2.75) is 44.9 Å². The summed E-state index contributed by atoms with van der Waals surface area (Å²) in [4.78, 5) is 24.9. The normalized spacial score (nSPS) is 23.1. The van der Waals surface area contributed by atoms with Crippen LogP contribution in [0.25, 0.3) is 10.9 Å². The van der Waals surface area contributed by atoms with Crippen LogP contribution in [-0.2, 0) is 4.79 Å². The molecule has 0 spiro atoms. The molecule has 5 rings (SSSR count). The van der Waals surface area contributed by atoms with Crippen LogP contribution in [0, 0.1) is 11.8 Å². The highest BCUT2D eigenvalue weighted by Gasteiger charge is 2.31. The van der Waals surface area contributed by atoms with Crippen LogP contribution in [0.15, 0.2) is 30.5 Å². The molecule has 2 aliphatic heterocycles. The molecule has 1 aliphatic carbocycles. The van der Waals surface area contributed by atoms with Gasteiger partial charge in [-0.2, -0.15) is 0 Å². The Hall–Kier alpha value is -2.34. The van der Waals surface area contributed by atoms with Gasteiger partial charge >= 0.3 is 0 Å². The van der Waals surface area contributed by atoms with Crippen molar-refractivity contribution in [3.63, 3.8) is 0 Å². The molecule has 3 aliphatic rings. The maximum atomic E-state index is 12.9. The molecule has 0 N–H and O–H groups in total. The minimum atomic E-state index is 0.305. The molecule has 2 saturated heterocycles. The van der Waals surface area contributed by atoms with Gasteiger partial charge in [-0.3, -0.25) is 9.78 Å². The summed E-state index contributed by atoms with van der Waals surface area (Å²) in [6.45, 7) is 7.17. The van der Waals surface area contributed by atoms with Crippen molar-refractivity contribution in [3.05, 3.63) is 30.5 Å². The van der Waals surface area contributed by atoms with Crippen molar-refractivity contribution in [2.75, 3.05) is 57.8 Å². The Morgan fingerprint density at radius 2 is 1.88 bits per heavy atom. The average Bonchev–Trinajstić information content (AvgIpc) is 3.30. The third kappa shape index (κ3) is 4.96. The van der Waals surface area contributed by atoms with Crippen LogP contribution in [-0.4, -0.2) is 73.6 Å². The summed E-state index contributed by atoms with van der Waals surface area (Å²) in [7, 11) is 1.75. The van der Waals surface area contributed by atoms with Crippen LogP contribution in [0.1, 0.15) is 44.9 Å². The molecule has 0 radical (unpaired) electrons. The van der Waals surface area contributed by atoms with E-state index in [1.54, 1.807) is 7.11 Å². The number of benzene rings is 1. The zero-order valence-electron chi connectivity index (χ0n) is 20.0. The molecule has 1 atom stereocenters. The first-order valence-electron chi connectivity index (χ1n) is 12.9. The molecule has 1 unspecified atom stereocenters. The lowest BCUT2D eigenvalue weighted by Gasteiger charge is -2.36. The molecule has 1 saturated carbocycles. The summed E-state index contributed by atoms with van der Waals surface area (Å²) >= 11 is 0. The van der Waals surface area contributed by atoms with E-state index in [1.807, 2.05) is 12.3 Å². The Bertz CT molecular complexity index is 958. The number of methoxy groups -OCH3 is 1. The fourth-order valence-corrected chi connectivity index (χ4v) is 6.17. The number of pyridine rings is 1. The SMILES string of the molecule is COc1ccc2cccnc2c1N1CCCN(CC2CCCN(C(=O)C3CCCC3)C2)CC1. The van der Waals surface area contributed by atoms with E-state index in [0.29, 0.717) is 17.7 Å². The number of rotatable bonds is 5. The topological polar surface area (TPSA) is 48.9 Å². The van der Waals surface area contributed by atoms with E-state index in [9.17, 15) is 4.79 Å². The van der Waals surface area contributed by atoms with E-state index < -0.39 is 0 Å². The lowest BCUT2D eigenvalue weighted by molar-refractivity contribution is -0.137. The lowest BCUT2D eigenvalue weighted by atomic mass is 9.95. The summed E-state index contributed by atoms with van der Waals surface area (Å²) in [6.07, 6.45) is 10.1. The van der Waals surface area contributed by atoms with Gasteiger partial charge in [-0.25, -0.2) is 0 Å². The molecule has 1 aromatic heterocycles. The number of carbonyl (C=O) groups excluding carboxylic acids is 1. The van der Waals surface area contributed by atoms with Gasteiger partial charge in [0.05, 0.1) is 12.6 Å². The number of hydrogen-bond donors (Lipinski definition) is 0. The van der Waals surface area contributed by atoms with Gasteiger partial charge in [0.15, 0.2) is 0 Å². The Morgan fingerprint density at radius 1 is 1.00 bits per heavy atom. The van der Waals surface area contributed by atoms with Crippen molar-refractivity contribution in [3.8, 4) is 5.75 Å². The first-order valence-corrected chi connectivity index (χ1v) is 12.9. The smallest absolute Gasteiger partial charge is 0.225 e. The molecule has 3 heterocycles. The van der Waals surface area contributed by atoms with Gasteiger partial charge in [-0.05, 0) is 62.8 Å². The standard InChI is InChI=1S/C27H38N4O2/c1-33-24-12-11-22-10-4-13-28-25(22)26(24)30-16-6-14-29(17-18-30)19-21-7-5-15-31(20-21)27(32)23-8-2-3-9-23/h4,10-13,21,23H,2-3,5-9,14-20H2,1H3. The highest BCUT2D eigenvalue weighted by atomic mass is 16.5. The first-order chi connectivity index (χ1) is 16.2. The summed E-state index contributed by atoms with van der Waals surface area (Å²) in [5, 5.41) is 1.16. The second-order valence-electron chi connectivity index (χ2n) is 10.1. The van der Waals surface area contributed by atoms with Crippen molar-refractivity contribution in [1.82, 2.24) is 14.8 Å². The largest absolute Gasteiger partial charge is 0.494 e. The number of nitrogens with zero attached hydrogens (tertiary/aromatic N) is 4. The Kier molecular flexibility index (Phi) is 7.00. The monoisotopic (exact) mass is 450 g/mol. The summed E-state index contributed by atoms with van der Waals surface area (Å²) in [5.41, 5.74) is 2.15. The molecule has 6 nitrogen and oxygen atoms in total. The molecule has 0 bridgehead atoms. The zero-order valence-corrected chi connectivity index (χ0v) is 20.0. The average molecular weight is 451 g/mol. The van der Waals surface area contributed by atoms with Gasteiger partial charge < -0.3 is 19.4 Å². The number of carbonyl (C=O) groups is 1. The van der Waals surface area contributed by atoms with Gasteiger partial charge in [0.1, 0.15) is 11.4 Å². The molecule has 178 valence electrons. The predicted octanol–water partition coefficient (Wildman–Crippen LogP) is 4.18. The minimum absolute atomic E-state index is 0.305. The van der Waals surface area contributed by atoms with Gasteiger partial charge in [0.2, 0.25) is 5.91 Å². The quantitative estimate of drug-likeness (QED) is 0.684. The van der Waals surface area contributed by atoms with E-state index in [0.717, 1.165) is 93.8 Å². The number of anilines is 1. The van der Waals surface area contributed by atoms with Crippen LogP contribution < -0.4 is 9.64 Å². The van der Waals surface area contributed by atoms with Crippen molar-refractivity contribution in [1.29, 1.82) is 0 Å². The second-order valence-corrected chi connectivity index (χ2v) is 10.1. The number of likely N-dealkylation sites (tertiary alicyclic amines) is 1. The number of hydrogen-bond acceptors (Lipinski definition) is 5. The molecule has 2 aromatic rings. The van der Waals surface area contributed by atoms with Gasteiger partial charge in [-0.15, -0.1) is 0 Å². The van der Waals surface area contributed by atoms with Gasteiger partial charge in [0, 0.05) is 56.8 Å². The summed E-state index contributed by atoms with van der Waals surface area (Å²) < 4.78 is 5.74. The second kappa shape index (κ2) is 10.3. The highest BCUT2D eigenvalue weighted by Crippen LogP contribution is 2.36. The van der Waals surface area contributed by atoms with Crippen LogP contribution in [0.5, 0.6) is 5.75 Å². The lowest BCUT2D eigenvalue weighted by Crippen LogP contribution is -2.46. The fraction of sp³-hybridized carbons (Fsp3) is 0.630. The van der Waals surface area contributed by atoms with Crippen LogP contribution in [0.3, 0.4) is 0 Å². The van der Waals surface area contributed by atoms with E-state index in [1.165, 1.54) is 19.3 Å². The van der Waals surface area contributed by atoms with Crippen LogP contribution >= 0.6 is 0 Å². The predicted molar refractivity (Wildman–Crippen MR) is 133 cm³/mol. The Morgan fingerprint density at radius 3 is 2.73 bits per heavy atom. The number of fused-ring (bicyclic) bond motifs is 1. The molecular formula is C27H38N4O2. The number of aromatic nitrogens is 1. The van der Waals surface area contributed by atoms with Crippen molar-refractivity contribution < 1.29 is 9.53 Å². The molecule has 6 heteroatoms. The first kappa shape index (κ1) is 22.5. The molecule has 1 amide bonds. The van der Waals surface area contributed by atoms with E-state index in [2.05, 4.69) is 32.9 Å². The Labute approximate surface area is 197 Å². The van der Waals surface area contributed by atoms with Gasteiger partial charge in [0.25, 0.3) is 0 Å². The number of piperidine rings is 1. The van der Waals surface area contributed by atoms with Gasteiger partial charge in [-0.1, -0.05) is 18.9 Å². The molecular weight excluding hydrogens is 412 g/mol. The fourth-order valence-electron chi connectivity index (χ4n) is 6.17. The summed E-state index contributed by atoms with van der Waals surface area (Å²) in [6, 6.07) is 8.28.